The molecule has 0 radical (unpaired) electrons. The zero-order valence-electron chi connectivity index (χ0n) is 16.7. The van der Waals surface area contributed by atoms with Crippen LogP contribution >= 0.6 is 0 Å². The lowest BCUT2D eigenvalue weighted by molar-refractivity contribution is 0.157. The summed E-state index contributed by atoms with van der Waals surface area (Å²) in [6.45, 7) is 3.82. The number of rotatable bonds is 7. The highest BCUT2D eigenvalue weighted by molar-refractivity contribution is 5.28. The number of halogens is 2. The first-order chi connectivity index (χ1) is 13.1. The van der Waals surface area contributed by atoms with Crippen molar-refractivity contribution in [2.75, 3.05) is 7.11 Å². The zero-order chi connectivity index (χ0) is 19.2. The summed E-state index contributed by atoms with van der Waals surface area (Å²) in [5.74, 6) is 1.93. The van der Waals surface area contributed by atoms with Crippen LogP contribution < -0.4 is 0 Å². The highest BCUT2D eigenvalue weighted by atomic mass is 19.1. The lowest BCUT2D eigenvalue weighted by Gasteiger charge is -2.38. The molecule has 3 rings (SSSR count). The van der Waals surface area contributed by atoms with Crippen LogP contribution in [0, 0.1) is 29.4 Å². The highest BCUT2D eigenvalue weighted by Gasteiger charge is 2.31. The monoisotopic (exact) mass is 376 g/mol. The van der Waals surface area contributed by atoms with Crippen molar-refractivity contribution in [3.63, 3.8) is 0 Å². The number of benzene rings is 1. The number of hydrogen-bond acceptors (Lipinski definition) is 1. The standard InChI is InChI=1S/C24H34F2O/c1-3-4-5-17-6-8-18(9-7-17)19-10-12-20(13-11-19)21-14-23(25)22(16-27-2)24(26)15-21/h3,14-15,17-20H,1,4-13,16H2,2H3/t17-,18-,19?,20?. The van der Waals surface area contributed by atoms with Gasteiger partial charge in [0.25, 0.3) is 0 Å². The fourth-order valence-corrected chi connectivity index (χ4v) is 5.37. The molecule has 3 heteroatoms. The SMILES string of the molecule is C=CCC[C@H]1CC[C@H](C2CCC(c3cc(F)c(COC)c(F)c3)CC2)CC1. The Hall–Kier alpha value is -1.22. The number of methoxy groups -OCH3 is 1. The largest absolute Gasteiger partial charge is 0.380 e. The summed E-state index contributed by atoms with van der Waals surface area (Å²) in [6.07, 6.45) is 14.5. The predicted octanol–water partition coefficient (Wildman–Crippen LogP) is 7.16. The maximum atomic E-state index is 14.2. The molecule has 0 amide bonds. The van der Waals surface area contributed by atoms with Crippen LogP contribution in [0.2, 0.25) is 0 Å². The molecule has 0 spiro atoms. The third kappa shape index (κ3) is 5.19. The van der Waals surface area contributed by atoms with E-state index >= 15 is 0 Å². The van der Waals surface area contributed by atoms with Gasteiger partial charge in [-0.1, -0.05) is 18.9 Å². The molecule has 0 N–H and O–H groups in total. The van der Waals surface area contributed by atoms with E-state index in [-0.39, 0.29) is 12.2 Å². The van der Waals surface area contributed by atoms with Gasteiger partial charge in [0.15, 0.2) is 0 Å². The van der Waals surface area contributed by atoms with Gasteiger partial charge in [0.1, 0.15) is 11.6 Å². The number of allylic oxidation sites excluding steroid dienone is 1. The molecule has 0 aromatic heterocycles. The molecule has 1 nitrogen and oxygen atoms in total. The minimum absolute atomic E-state index is 0.0137. The lowest BCUT2D eigenvalue weighted by atomic mass is 9.68. The van der Waals surface area contributed by atoms with Gasteiger partial charge < -0.3 is 4.74 Å². The van der Waals surface area contributed by atoms with Crippen molar-refractivity contribution in [2.45, 2.75) is 76.7 Å². The molecule has 150 valence electrons. The Bertz CT molecular complexity index is 588. The maximum absolute atomic E-state index is 14.2. The maximum Gasteiger partial charge on any atom is 0.131 e. The first-order valence-corrected chi connectivity index (χ1v) is 10.7. The Labute approximate surface area is 163 Å². The minimum Gasteiger partial charge on any atom is -0.380 e. The van der Waals surface area contributed by atoms with E-state index in [2.05, 4.69) is 6.58 Å². The van der Waals surface area contributed by atoms with Crippen LogP contribution in [0.5, 0.6) is 0 Å². The van der Waals surface area contributed by atoms with E-state index in [1.54, 1.807) is 0 Å². The second kappa shape index (κ2) is 9.82. The first kappa shape index (κ1) is 20.5. The van der Waals surface area contributed by atoms with Crippen molar-refractivity contribution in [2.24, 2.45) is 17.8 Å². The first-order valence-electron chi connectivity index (χ1n) is 10.7. The minimum atomic E-state index is -0.466. The fraction of sp³-hybridized carbons (Fsp3) is 0.667. The summed E-state index contributed by atoms with van der Waals surface area (Å²) in [5.41, 5.74) is 0.875. The molecule has 0 heterocycles. The van der Waals surface area contributed by atoms with Gasteiger partial charge in [0, 0.05) is 12.7 Å². The molecule has 0 bridgehead atoms. The summed E-state index contributed by atoms with van der Waals surface area (Å²) in [5, 5.41) is 0. The van der Waals surface area contributed by atoms with Crippen LogP contribution in [0.25, 0.3) is 0 Å². The lowest BCUT2D eigenvalue weighted by Crippen LogP contribution is -2.25. The summed E-state index contributed by atoms with van der Waals surface area (Å²) >= 11 is 0. The molecule has 0 unspecified atom stereocenters. The Morgan fingerprint density at radius 1 is 0.963 bits per heavy atom. The van der Waals surface area contributed by atoms with Crippen LogP contribution in [0.4, 0.5) is 8.78 Å². The molecule has 27 heavy (non-hydrogen) atoms. The van der Waals surface area contributed by atoms with Crippen molar-refractivity contribution in [1.82, 2.24) is 0 Å². The van der Waals surface area contributed by atoms with Gasteiger partial charge in [-0.15, -0.1) is 6.58 Å². The average Bonchev–Trinajstić information content (AvgIpc) is 2.69. The molecule has 2 saturated carbocycles. The second-order valence-electron chi connectivity index (χ2n) is 8.65. The van der Waals surface area contributed by atoms with Crippen molar-refractivity contribution in [3.05, 3.63) is 47.5 Å². The molecule has 0 saturated heterocycles. The Morgan fingerprint density at radius 3 is 2.04 bits per heavy atom. The van der Waals surface area contributed by atoms with Gasteiger partial charge in [-0.25, -0.2) is 8.78 Å². The molecule has 1 aromatic rings. The Morgan fingerprint density at radius 2 is 1.52 bits per heavy atom. The van der Waals surface area contributed by atoms with Gasteiger partial charge in [-0.2, -0.15) is 0 Å². The fourth-order valence-electron chi connectivity index (χ4n) is 5.37. The van der Waals surface area contributed by atoms with Crippen LogP contribution in [0.15, 0.2) is 24.8 Å². The van der Waals surface area contributed by atoms with E-state index in [0.717, 1.165) is 42.6 Å². The number of hydrogen-bond donors (Lipinski definition) is 0. The Balaban J connectivity index is 1.51. The van der Waals surface area contributed by atoms with E-state index in [0.29, 0.717) is 5.92 Å². The Kier molecular flexibility index (Phi) is 7.46. The second-order valence-corrected chi connectivity index (χ2v) is 8.65. The summed E-state index contributed by atoms with van der Waals surface area (Å²) in [7, 11) is 1.46. The predicted molar refractivity (Wildman–Crippen MR) is 107 cm³/mol. The molecule has 2 aliphatic carbocycles. The van der Waals surface area contributed by atoms with E-state index in [1.165, 1.54) is 64.2 Å². The van der Waals surface area contributed by atoms with Gasteiger partial charge in [-0.05, 0) is 92.7 Å². The quantitative estimate of drug-likeness (QED) is 0.459. The zero-order valence-corrected chi connectivity index (χ0v) is 16.7. The van der Waals surface area contributed by atoms with Gasteiger partial charge in [0.2, 0.25) is 0 Å². The summed E-state index contributed by atoms with van der Waals surface area (Å²) in [6, 6.07) is 3.07. The smallest absolute Gasteiger partial charge is 0.131 e. The van der Waals surface area contributed by atoms with Gasteiger partial charge in [-0.3, -0.25) is 0 Å². The van der Waals surface area contributed by atoms with Crippen molar-refractivity contribution >= 4 is 0 Å². The summed E-state index contributed by atoms with van der Waals surface area (Å²) < 4.78 is 33.3. The van der Waals surface area contributed by atoms with Crippen LogP contribution in [0.1, 0.15) is 81.3 Å². The van der Waals surface area contributed by atoms with Crippen molar-refractivity contribution in [3.8, 4) is 0 Å². The van der Waals surface area contributed by atoms with Crippen LogP contribution in [0.3, 0.4) is 0 Å². The normalized spacial score (nSPS) is 28.9. The molecule has 2 fully saturated rings. The van der Waals surface area contributed by atoms with Crippen molar-refractivity contribution < 1.29 is 13.5 Å². The van der Waals surface area contributed by atoms with E-state index in [9.17, 15) is 8.78 Å². The molecular weight excluding hydrogens is 342 g/mol. The highest BCUT2D eigenvalue weighted by Crippen LogP contribution is 2.44. The molecule has 1 aromatic carbocycles. The summed E-state index contributed by atoms with van der Waals surface area (Å²) in [4.78, 5) is 0. The average molecular weight is 377 g/mol. The third-order valence-electron chi connectivity index (χ3n) is 7.03. The van der Waals surface area contributed by atoms with E-state index < -0.39 is 11.6 Å². The van der Waals surface area contributed by atoms with Gasteiger partial charge >= 0.3 is 0 Å². The third-order valence-corrected chi connectivity index (χ3v) is 7.03. The number of ether oxygens (including phenoxy) is 1. The topological polar surface area (TPSA) is 9.23 Å². The van der Waals surface area contributed by atoms with E-state index in [1.807, 2.05) is 6.08 Å². The van der Waals surface area contributed by atoms with Crippen LogP contribution in [-0.4, -0.2) is 7.11 Å². The van der Waals surface area contributed by atoms with Gasteiger partial charge in [0.05, 0.1) is 6.61 Å². The molecule has 2 aliphatic rings. The molecular formula is C24H34F2O. The molecule has 0 atom stereocenters. The van der Waals surface area contributed by atoms with Crippen molar-refractivity contribution in [1.29, 1.82) is 0 Å². The van der Waals surface area contributed by atoms with E-state index in [4.69, 9.17) is 4.74 Å². The molecule has 0 aliphatic heterocycles. The van der Waals surface area contributed by atoms with Crippen LogP contribution in [-0.2, 0) is 11.3 Å².